The van der Waals surface area contributed by atoms with Crippen molar-refractivity contribution in [2.45, 2.75) is 6.92 Å². The zero-order valence-electron chi connectivity index (χ0n) is 12.4. The number of rotatable bonds is 4. The van der Waals surface area contributed by atoms with Crippen molar-refractivity contribution in [3.05, 3.63) is 48.4 Å². The Balaban J connectivity index is 1.90. The molecule has 0 aliphatic carbocycles. The second kappa shape index (κ2) is 5.72. The zero-order chi connectivity index (χ0) is 15.5. The normalized spacial score (nSPS) is 10.5. The summed E-state index contributed by atoms with van der Waals surface area (Å²) in [6.45, 7) is 1.98. The molecule has 0 saturated heterocycles. The van der Waals surface area contributed by atoms with E-state index >= 15 is 0 Å². The Bertz CT molecular complexity index is 780. The fraction of sp³-hybridized carbons (Fsp3) is 0.133. The van der Waals surface area contributed by atoms with Gasteiger partial charge in [0.1, 0.15) is 0 Å². The van der Waals surface area contributed by atoms with Crippen molar-refractivity contribution in [3.8, 4) is 5.69 Å². The maximum Gasteiger partial charge on any atom is 0.229 e. The molecule has 22 heavy (non-hydrogen) atoms. The van der Waals surface area contributed by atoms with Crippen molar-refractivity contribution < 1.29 is 0 Å². The first-order chi connectivity index (χ1) is 10.7. The Labute approximate surface area is 128 Å². The van der Waals surface area contributed by atoms with Gasteiger partial charge in [-0.2, -0.15) is 10.1 Å². The summed E-state index contributed by atoms with van der Waals surface area (Å²) in [6.07, 6.45) is 3.32. The number of benzene rings is 1. The molecule has 0 aliphatic rings. The number of nitrogens with two attached hydrogens (primary N) is 1. The first-order valence-electron chi connectivity index (χ1n) is 6.86. The molecule has 7 heteroatoms. The van der Waals surface area contributed by atoms with E-state index in [0.29, 0.717) is 17.5 Å². The highest BCUT2D eigenvalue weighted by Gasteiger charge is 2.10. The van der Waals surface area contributed by atoms with Crippen LogP contribution in [0.3, 0.4) is 0 Å². The molecule has 0 saturated carbocycles. The number of anilines is 4. The van der Waals surface area contributed by atoms with Crippen LogP contribution >= 0.6 is 0 Å². The third-order valence-corrected chi connectivity index (χ3v) is 3.31. The summed E-state index contributed by atoms with van der Waals surface area (Å²) >= 11 is 0. The quantitative estimate of drug-likeness (QED) is 0.684. The van der Waals surface area contributed by atoms with Crippen molar-refractivity contribution in [3.63, 3.8) is 0 Å². The van der Waals surface area contributed by atoms with Crippen molar-refractivity contribution in [1.82, 2.24) is 19.7 Å². The highest BCUT2D eigenvalue weighted by molar-refractivity contribution is 5.64. The van der Waals surface area contributed by atoms with Gasteiger partial charge in [0.05, 0.1) is 35.1 Å². The number of hydrogen-bond acceptors (Lipinski definition) is 6. The Morgan fingerprint density at radius 2 is 1.91 bits per heavy atom. The molecule has 0 radical (unpaired) electrons. The molecule has 0 atom stereocenters. The van der Waals surface area contributed by atoms with Crippen LogP contribution in [0, 0.1) is 6.92 Å². The van der Waals surface area contributed by atoms with E-state index in [-0.39, 0.29) is 0 Å². The average molecular weight is 295 g/mol. The Morgan fingerprint density at radius 1 is 1.14 bits per heavy atom. The van der Waals surface area contributed by atoms with Gasteiger partial charge in [-0.25, -0.2) is 9.67 Å². The highest BCUT2D eigenvalue weighted by Crippen LogP contribution is 2.22. The van der Waals surface area contributed by atoms with Crippen LogP contribution < -0.4 is 16.4 Å². The van der Waals surface area contributed by atoms with Crippen molar-refractivity contribution >= 4 is 23.1 Å². The lowest BCUT2D eigenvalue weighted by Gasteiger charge is -2.08. The summed E-state index contributed by atoms with van der Waals surface area (Å²) in [5, 5.41) is 10.5. The maximum absolute atomic E-state index is 5.77. The van der Waals surface area contributed by atoms with Crippen LogP contribution in [0.25, 0.3) is 5.69 Å². The predicted molar refractivity (Wildman–Crippen MR) is 87.6 cm³/mol. The summed E-state index contributed by atoms with van der Waals surface area (Å²) < 4.78 is 1.86. The summed E-state index contributed by atoms with van der Waals surface area (Å²) in [6, 6.07) is 9.94. The van der Waals surface area contributed by atoms with E-state index in [1.807, 2.05) is 41.9 Å². The first kappa shape index (κ1) is 13.9. The lowest BCUT2D eigenvalue weighted by molar-refractivity contribution is 0.847. The van der Waals surface area contributed by atoms with E-state index < -0.39 is 0 Å². The zero-order valence-corrected chi connectivity index (χ0v) is 12.4. The van der Waals surface area contributed by atoms with E-state index in [4.69, 9.17) is 5.73 Å². The van der Waals surface area contributed by atoms with Crippen molar-refractivity contribution in [2.24, 2.45) is 0 Å². The molecule has 3 aromatic rings. The lowest BCUT2D eigenvalue weighted by atomic mass is 10.3. The number of nitrogens with zero attached hydrogens (tertiary/aromatic N) is 4. The van der Waals surface area contributed by atoms with Crippen LogP contribution in [0.4, 0.5) is 23.1 Å². The third kappa shape index (κ3) is 2.56. The minimum Gasteiger partial charge on any atom is -0.394 e. The number of nitrogens with one attached hydrogen (secondary N) is 2. The number of aromatic nitrogens is 4. The van der Waals surface area contributed by atoms with Crippen LogP contribution in [-0.2, 0) is 0 Å². The minimum absolute atomic E-state index is 0.467. The van der Waals surface area contributed by atoms with E-state index in [9.17, 15) is 0 Å². The lowest BCUT2D eigenvalue weighted by Crippen LogP contribution is -2.04. The molecule has 0 aliphatic heterocycles. The van der Waals surface area contributed by atoms with Crippen molar-refractivity contribution in [2.75, 3.05) is 23.4 Å². The van der Waals surface area contributed by atoms with Gasteiger partial charge in [-0.05, 0) is 19.1 Å². The molecule has 2 heterocycles. The van der Waals surface area contributed by atoms with E-state index in [2.05, 4.69) is 25.7 Å². The van der Waals surface area contributed by atoms with Gasteiger partial charge in [0.25, 0.3) is 0 Å². The highest BCUT2D eigenvalue weighted by atomic mass is 15.3. The van der Waals surface area contributed by atoms with Crippen LogP contribution in [0.5, 0.6) is 0 Å². The molecule has 0 fully saturated rings. The second-order valence-corrected chi connectivity index (χ2v) is 4.76. The first-order valence-corrected chi connectivity index (χ1v) is 6.86. The predicted octanol–water partition coefficient (Wildman–Crippen LogP) is 2.34. The smallest absolute Gasteiger partial charge is 0.229 e. The molecular formula is C15H17N7. The summed E-state index contributed by atoms with van der Waals surface area (Å²) in [5.41, 5.74) is 9.09. The molecule has 2 aromatic heterocycles. The molecule has 0 amide bonds. The molecule has 112 valence electrons. The fourth-order valence-electron chi connectivity index (χ4n) is 2.13. The number of nitrogen functional groups attached to an aromatic ring is 1. The van der Waals surface area contributed by atoms with E-state index in [1.54, 1.807) is 19.4 Å². The van der Waals surface area contributed by atoms with Gasteiger partial charge in [-0.1, -0.05) is 18.2 Å². The molecule has 4 N–H and O–H groups in total. The summed E-state index contributed by atoms with van der Waals surface area (Å²) in [7, 11) is 1.77. The van der Waals surface area contributed by atoms with E-state index in [1.165, 1.54) is 0 Å². The van der Waals surface area contributed by atoms with Gasteiger partial charge in [0, 0.05) is 7.05 Å². The molecule has 1 aromatic carbocycles. The second-order valence-electron chi connectivity index (χ2n) is 4.76. The number of para-hydroxylation sites is 1. The Hall–Kier alpha value is -3.09. The van der Waals surface area contributed by atoms with Crippen LogP contribution in [0.2, 0.25) is 0 Å². The molecule has 3 rings (SSSR count). The molecular weight excluding hydrogens is 278 g/mol. The number of hydrogen-bond donors (Lipinski definition) is 3. The largest absolute Gasteiger partial charge is 0.394 e. The van der Waals surface area contributed by atoms with E-state index in [0.717, 1.165) is 17.1 Å². The van der Waals surface area contributed by atoms with Crippen LogP contribution in [-0.4, -0.2) is 26.8 Å². The van der Waals surface area contributed by atoms with Gasteiger partial charge in [-0.3, -0.25) is 0 Å². The maximum atomic E-state index is 5.77. The SMILES string of the molecule is CNc1nc(Nc2cnn(-c3ccccc3)c2C)ncc1N. The van der Waals surface area contributed by atoms with Gasteiger partial charge < -0.3 is 16.4 Å². The molecule has 0 spiro atoms. The Morgan fingerprint density at radius 3 is 2.64 bits per heavy atom. The van der Waals surface area contributed by atoms with Gasteiger partial charge in [0.15, 0.2) is 5.82 Å². The van der Waals surface area contributed by atoms with Crippen molar-refractivity contribution in [1.29, 1.82) is 0 Å². The molecule has 7 nitrogen and oxygen atoms in total. The molecule has 0 unspecified atom stereocenters. The molecule has 0 bridgehead atoms. The van der Waals surface area contributed by atoms with Gasteiger partial charge in [0.2, 0.25) is 5.95 Å². The minimum atomic E-state index is 0.467. The van der Waals surface area contributed by atoms with Gasteiger partial charge >= 0.3 is 0 Å². The Kier molecular flexibility index (Phi) is 3.61. The van der Waals surface area contributed by atoms with Crippen LogP contribution in [0.15, 0.2) is 42.7 Å². The summed E-state index contributed by atoms with van der Waals surface area (Å²) in [5.74, 6) is 1.06. The topological polar surface area (TPSA) is 93.7 Å². The average Bonchev–Trinajstić information content (AvgIpc) is 2.91. The van der Waals surface area contributed by atoms with Gasteiger partial charge in [-0.15, -0.1) is 0 Å². The van der Waals surface area contributed by atoms with Crippen LogP contribution in [0.1, 0.15) is 5.69 Å². The summed E-state index contributed by atoms with van der Waals surface area (Å²) in [4.78, 5) is 8.49. The monoisotopic (exact) mass is 295 g/mol. The third-order valence-electron chi connectivity index (χ3n) is 3.31. The standard InChI is InChI=1S/C15H17N7/c1-10-13(9-19-22(10)11-6-4-3-5-7-11)20-15-18-8-12(16)14(17-2)21-15/h3-9H,16H2,1-2H3,(H2,17,18,20,21). The fourth-order valence-corrected chi connectivity index (χ4v) is 2.13.